The molecule has 2 rings (SSSR count). The van der Waals surface area contributed by atoms with E-state index in [1.165, 1.54) is 12.1 Å². The summed E-state index contributed by atoms with van der Waals surface area (Å²) >= 11 is 0. The van der Waals surface area contributed by atoms with Crippen molar-refractivity contribution in [2.24, 2.45) is 0 Å². The Hall–Kier alpha value is -1.69. The Morgan fingerprint density at radius 1 is 1.59 bits per heavy atom. The van der Waals surface area contributed by atoms with Crippen molar-refractivity contribution in [2.75, 3.05) is 25.0 Å². The van der Waals surface area contributed by atoms with Crippen LogP contribution in [0.15, 0.2) is 18.2 Å². The fourth-order valence-electron chi connectivity index (χ4n) is 2.12. The van der Waals surface area contributed by atoms with Crippen LogP contribution in [-0.2, 0) is 0 Å². The van der Waals surface area contributed by atoms with E-state index in [-0.39, 0.29) is 5.69 Å². The van der Waals surface area contributed by atoms with Crippen molar-refractivity contribution in [3.63, 3.8) is 0 Å². The number of anilines is 1. The molecule has 1 aromatic rings. The Kier molecular flexibility index (Phi) is 3.23. The number of nitro benzene ring substituents is 1. The van der Waals surface area contributed by atoms with Gasteiger partial charge >= 0.3 is 0 Å². The molecule has 1 N–H and O–H groups in total. The molecular formula is C11H14FN3O2. The van der Waals surface area contributed by atoms with E-state index < -0.39 is 10.7 Å². The molecule has 1 fully saturated rings. The molecule has 1 aliphatic rings. The smallest absolute Gasteiger partial charge is 0.295 e. The molecule has 1 unspecified atom stereocenters. The van der Waals surface area contributed by atoms with Gasteiger partial charge in [-0.15, -0.1) is 0 Å². The number of likely N-dealkylation sites (N-methyl/N-ethyl adjacent to an activating group) is 1. The van der Waals surface area contributed by atoms with E-state index in [2.05, 4.69) is 5.32 Å². The minimum Gasteiger partial charge on any atom is -0.364 e. The maximum absolute atomic E-state index is 13.0. The molecule has 0 aliphatic carbocycles. The molecule has 0 radical (unpaired) electrons. The van der Waals surface area contributed by atoms with E-state index in [4.69, 9.17) is 0 Å². The largest absolute Gasteiger partial charge is 0.364 e. The zero-order chi connectivity index (χ0) is 12.4. The van der Waals surface area contributed by atoms with Crippen LogP contribution < -0.4 is 10.2 Å². The van der Waals surface area contributed by atoms with Crippen LogP contribution in [0.3, 0.4) is 0 Å². The molecular weight excluding hydrogens is 225 g/mol. The van der Waals surface area contributed by atoms with E-state index in [0.717, 1.165) is 19.0 Å². The van der Waals surface area contributed by atoms with Crippen LogP contribution in [0, 0.1) is 15.9 Å². The quantitative estimate of drug-likeness (QED) is 0.642. The molecule has 1 atom stereocenters. The first-order chi connectivity index (χ1) is 8.11. The lowest BCUT2D eigenvalue weighted by atomic mass is 10.2. The van der Waals surface area contributed by atoms with Gasteiger partial charge in [-0.2, -0.15) is 0 Å². The van der Waals surface area contributed by atoms with Gasteiger partial charge in [0.1, 0.15) is 11.5 Å². The summed E-state index contributed by atoms with van der Waals surface area (Å²) in [4.78, 5) is 12.3. The number of hydrogen-bond acceptors (Lipinski definition) is 4. The van der Waals surface area contributed by atoms with Crippen molar-refractivity contribution in [2.45, 2.75) is 12.5 Å². The molecule has 5 nitrogen and oxygen atoms in total. The fourth-order valence-corrected chi connectivity index (χ4v) is 2.12. The minimum atomic E-state index is -0.579. The van der Waals surface area contributed by atoms with E-state index in [9.17, 15) is 14.5 Å². The van der Waals surface area contributed by atoms with Gasteiger partial charge in [0, 0.05) is 19.1 Å². The third-order valence-electron chi connectivity index (χ3n) is 3.07. The number of nitrogens with one attached hydrogen (secondary N) is 1. The maximum atomic E-state index is 13.0. The topological polar surface area (TPSA) is 58.4 Å². The molecule has 0 saturated carbocycles. The van der Waals surface area contributed by atoms with Gasteiger partial charge in [0.2, 0.25) is 0 Å². The van der Waals surface area contributed by atoms with Gasteiger partial charge in [0.05, 0.1) is 11.0 Å². The Morgan fingerprint density at radius 2 is 2.35 bits per heavy atom. The molecule has 0 aromatic heterocycles. The predicted molar refractivity (Wildman–Crippen MR) is 62.7 cm³/mol. The lowest BCUT2D eigenvalue weighted by Gasteiger charge is -2.18. The minimum absolute atomic E-state index is 0.165. The summed E-state index contributed by atoms with van der Waals surface area (Å²) in [6.07, 6.45) is 0.936. The van der Waals surface area contributed by atoms with Gasteiger partial charge in [0.15, 0.2) is 0 Å². The first-order valence-corrected chi connectivity index (χ1v) is 5.48. The average Bonchev–Trinajstić information content (AvgIpc) is 2.77. The predicted octanol–water partition coefficient (Wildman–Crippen LogP) is 1.53. The fraction of sp³-hybridized carbons (Fsp3) is 0.455. The number of nitro groups is 1. The normalized spacial score (nSPS) is 19.6. The number of rotatable bonds is 3. The summed E-state index contributed by atoms with van der Waals surface area (Å²) in [5.41, 5.74) is 0.330. The molecule has 1 saturated heterocycles. The molecule has 6 heteroatoms. The van der Waals surface area contributed by atoms with Crippen LogP contribution in [-0.4, -0.2) is 31.1 Å². The highest BCUT2D eigenvalue weighted by Crippen LogP contribution is 2.31. The Morgan fingerprint density at radius 3 is 2.94 bits per heavy atom. The highest BCUT2D eigenvalue weighted by molar-refractivity contribution is 5.63. The van der Waals surface area contributed by atoms with Crippen LogP contribution in [0.2, 0.25) is 0 Å². The third-order valence-corrected chi connectivity index (χ3v) is 3.07. The molecule has 1 aliphatic heterocycles. The van der Waals surface area contributed by atoms with Crippen molar-refractivity contribution in [1.29, 1.82) is 0 Å². The molecule has 92 valence electrons. The van der Waals surface area contributed by atoms with Crippen molar-refractivity contribution in [3.8, 4) is 0 Å². The van der Waals surface area contributed by atoms with Gasteiger partial charge in [-0.05, 0) is 25.6 Å². The summed E-state index contributed by atoms with van der Waals surface area (Å²) in [6.45, 7) is 1.46. The number of benzene rings is 1. The van der Waals surface area contributed by atoms with E-state index >= 15 is 0 Å². The number of halogens is 1. The van der Waals surface area contributed by atoms with Crippen LogP contribution in [0.1, 0.15) is 6.42 Å². The van der Waals surface area contributed by atoms with Gasteiger partial charge in [-0.25, -0.2) is 4.39 Å². The van der Waals surface area contributed by atoms with Crippen molar-refractivity contribution in [1.82, 2.24) is 5.32 Å². The average molecular weight is 239 g/mol. The van der Waals surface area contributed by atoms with Gasteiger partial charge < -0.3 is 10.2 Å². The highest BCUT2D eigenvalue weighted by Gasteiger charge is 2.26. The lowest BCUT2D eigenvalue weighted by Crippen LogP contribution is -2.29. The third kappa shape index (κ3) is 2.36. The standard InChI is InChI=1S/C11H14FN3O2/c1-13-9-4-5-14(7-9)10-3-2-8(12)6-11(10)15(16)17/h2-3,6,9,13H,4-5,7H2,1H3. The zero-order valence-electron chi connectivity index (χ0n) is 9.52. The van der Waals surface area contributed by atoms with Crippen molar-refractivity contribution in [3.05, 3.63) is 34.1 Å². The molecule has 0 bridgehead atoms. The molecule has 0 amide bonds. The van der Waals surface area contributed by atoms with E-state index in [0.29, 0.717) is 18.3 Å². The molecule has 1 heterocycles. The second-order valence-corrected chi connectivity index (χ2v) is 4.11. The van der Waals surface area contributed by atoms with E-state index in [1.54, 1.807) is 0 Å². The first-order valence-electron chi connectivity index (χ1n) is 5.48. The number of nitrogens with zero attached hydrogens (tertiary/aromatic N) is 2. The Labute approximate surface area is 98.4 Å². The van der Waals surface area contributed by atoms with Crippen LogP contribution in [0.4, 0.5) is 15.8 Å². The second kappa shape index (κ2) is 4.67. The van der Waals surface area contributed by atoms with Gasteiger partial charge in [0.25, 0.3) is 5.69 Å². The summed E-state index contributed by atoms with van der Waals surface area (Å²) < 4.78 is 13.0. The highest BCUT2D eigenvalue weighted by atomic mass is 19.1. The zero-order valence-corrected chi connectivity index (χ0v) is 9.52. The van der Waals surface area contributed by atoms with E-state index in [1.807, 2.05) is 11.9 Å². The maximum Gasteiger partial charge on any atom is 0.295 e. The summed E-state index contributed by atoms with van der Waals surface area (Å²) in [6, 6.07) is 4.04. The van der Waals surface area contributed by atoms with Crippen molar-refractivity contribution >= 4 is 11.4 Å². The summed E-state index contributed by atoms with van der Waals surface area (Å²) in [7, 11) is 1.87. The van der Waals surface area contributed by atoms with Gasteiger partial charge in [-0.3, -0.25) is 10.1 Å². The van der Waals surface area contributed by atoms with Crippen LogP contribution >= 0.6 is 0 Å². The molecule has 17 heavy (non-hydrogen) atoms. The van der Waals surface area contributed by atoms with Crippen molar-refractivity contribution < 1.29 is 9.31 Å². The Bertz CT molecular complexity index is 439. The summed E-state index contributed by atoms with van der Waals surface area (Å²) in [5.74, 6) is -0.579. The number of hydrogen-bond donors (Lipinski definition) is 1. The van der Waals surface area contributed by atoms with Gasteiger partial charge in [-0.1, -0.05) is 0 Å². The first kappa shape index (κ1) is 11.8. The Balaban J connectivity index is 2.29. The monoisotopic (exact) mass is 239 g/mol. The van der Waals surface area contributed by atoms with Crippen LogP contribution in [0.5, 0.6) is 0 Å². The van der Waals surface area contributed by atoms with Crippen LogP contribution in [0.25, 0.3) is 0 Å². The molecule has 0 spiro atoms. The summed E-state index contributed by atoms with van der Waals surface area (Å²) in [5, 5.41) is 14.0. The SMILES string of the molecule is CNC1CCN(c2ccc(F)cc2[N+](=O)[O-])C1. The molecule has 1 aromatic carbocycles. The second-order valence-electron chi connectivity index (χ2n) is 4.11. The lowest BCUT2D eigenvalue weighted by molar-refractivity contribution is -0.384.